The number of hydrogen-bond donors (Lipinski definition) is 1. The van der Waals surface area contributed by atoms with Gasteiger partial charge in [0.25, 0.3) is 0 Å². The van der Waals surface area contributed by atoms with Crippen LogP contribution in [0.15, 0.2) is 28.2 Å². The third-order valence-electron chi connectivity index (χ3n) is 2.04. The molecule has 1 N–H and O–H groups in total. The van der Waals surface area contributed by atoms with Crippen molar-refractivity contribution in [3.05, 3.63) is 28.2 Å². The summed E-state index contributed by atoms with van der Waals surface area (Å²) >= 11 is 4.74. The molecule has 0 saturated heterocycles. The zero-order valence-corrected chi connectivity index (χ0v) is 11.3. The average Bonchev–Trinajstić information content (AvgIpc) is 2.65. The Labute approximate surface area is 106 Å². The van der Waals surface area contributed by atoms with Crippen molar-refractivity contribution in [3.8, 4) is 0 Å². The number of benzene rings is 1. The van der Waals surface area contributed by atoms with E-state index in [-0.39, 0.29) is 0 Å². The first kappa shape index (κ1) is 11.3. The maximum Gasteiger partial charge on any atom is 0.210 e. The predicted octanol–water partition coefficient (Wildman–Crippen LogP) is 3.11. The summed E-state index contributed by atoms with van der Waals surface area (Å²) in [5.74, 6) is 0. The van der Waals surface area contributed by atoms with Crippen molar-refractivity contribution in [3.63, 3.8) is 0 Å². The molecule has 2 aromatic rings. The Morgan fingerprint density at radius 3 is 2.38 bits per heavy atom. The minimum atomic E-state index is 0.778. The Hall–Kier alpha value is -1.14. The molecule has 1 heterocycles. The van der Waals surface area contributed by atoms with Crippen molar-refractivity contribution >= 4 is 43.8 Å². The summed E-state index contributed by atoms with van der Waals surface area (Å²) in [5, 5.41) is 11.8. The lowest BCUT2D eigenvalue weighted by Crippen LogP contribution is -2.08. The lowest BCUT2D eigenvalue weighted by Gasteiger charge is -2.12. The summed E-state index contributed by atoms with van der Waals surface area (Å²) in [5.41, 5.74) is 2.18. The molecule has 0 bridgehead atoms. The van der Waals surface area contributed by atoms with Crippen LogP contribution in [-0.2, 0) is 0 Å². The van der Waals surface area contributed by atoms with E-state index in [0.29, 0.717) is 0 Å². The molecule has 0 radical (unpaired) electrons. The van der Waals surface area contributed by atoms with Crippen LogP contribution < -0.4 is 10.2 Å². The fourth-order valence-electron chi connectivity index (χ4n) is 1.22. The van der Waals surface area contributed by atoms with Crippen LogP contribution in [0.25, 0.3) is 0 Å². The number of nitrogens with one attached hydrogen (secondary N) is 1. The molecule has 1 aromatic carbocycles. The molecule has 0 atom stereocenters. The average molecular weight is 299 g/mol. The molecule has 0 fully saturated rings. The standard InChI is InChI=1S/C10H11BrN4S/c1-15(2)8-5-3-7(4-6-8)12-10-14-13-9(11)16-10/h3-6H,1-2H3,(H,12,14). The Morgan fingerprint density at radius 2 is 1.88 bits per heavy atom. The third-order valence-corrected chi connectivity index (χ3v) is 3.31. The van der Waals surface area contributed by atoms with E-state index in [1.165, 1.54) is 17.0 Å². The highest BCUT2D eigenvalue weighted by Gasteiger charge is 2.01. The molecule has 16 heavy (non-hydrogen) atoms. The van der Waals surface area contributed by atoms with Gasteiger partial charge in [-0.1, -0.05) is 11.3 Å². The number of rotatable bonds is 3. The summed E-state index contributed by atoms with van der Waals surface area (Å²) in [7, 11) is 4.04. The van der Waals surface area contributed by atoms with Gasteiger partial charge in [-0.15, -0.1) is 10.2 Å². The highest BCUT2D eigenvalue weighted by molar-refractivity contribution is 9.11. The number of anilines is 3. The van der Waals surface area contributed by atoms with Crippen LogP contribution in [0.1, 0.15) is 0 Å². The predicted molar refractivity (Wildman–Crippen MR) is 71.7 cm³/mol. The van der Waals surface area contributed by atoms with Crippen molar-refractivity contribution < 1.29 is 0 Å². The fraction of sp³-hybridized carbons (Fsp3) is 0.200. The first-order valence-corrected chi connectivity index (χ1v) is 6.29. The van der Waals surface area contributed by atoms with Crippen LogP contribution in [0.4, 0.5) is 16.5 Å². The van der Waals surface area contributed by atoms with Crippen LogP contribution in [0.2, 0.25) is 0 Å². The lowest BCUT2D eigenvalue weighted by atomic mass is 10.3. The van der Waals surface area contributed by atoms with E-state index in [2.05, 4.69) is 48.5 Å². The minimum Gasteiger partial charge on any atom is -0.378 e. The van der Waals surface area contributed by atoms with Gasteiger partial charge in [0.15, 0.2) is 3.92 Å². The number of nitrogens with zero attached hydrogens (tertiary/aromatic N) is 3. The van der Waals surface area contributed by atoms with E-state index >= 15 is 0 Å². The van der Waals surface area contributed by atoms with Gasteiger partial charge in [-0.05, 0) is 40.2 Å². The van der Waals surface area contributed by atoms with E-state index in [0.717, 1.165) is 14.7 Å². The summed E-state index contributed by atoms with van der Waals surface area (Å²) < 4.78 is 0.778. The number of halogens is 1. The van der Waals surface area contributed by atoms with Gasteiger partial charge in [0, 0.05) is 25.5 Å². The van der Waals surface area contributed by atoms with Crippen molar-refractivity contribution in [1.29, 1.82) is 0 Å². The van der Waals surface area contributed by atoms with Crippen LogP contribution in [0.5, 0.6) is 0 Å². The van der Waals surface area contributed by atoms with Gasteiger partial charge in [0.2, 0.25) is 5.13 Å². The molecule has 0 spiro atoms. The van der Waals surface area contributed by atoms with E-state index in [1.54, 1.807) is 0 Å². The summed E-state index contributed by atoms with van der Waals surface area (Å²) in [6.45, 7) is 0. The Morgan fingerprint density at radius 1 is 1.19 bits per heavy atom. The van der Waals surface area contributed by atoms with E-state index < -0.39 is 0 Å². The lowest BCUT2D eigenvalue weighted by molar-refractivity contribution is 1.07. The highest BCUT2D eigenvalue weighted by Crippen LogP contribution is 2.24. The molecule has 0 saturated carbocycles. The maximum atomic E-state index is 3.97. The quantitative estimate of drug-likeness (QED) is 0.945. The van der Waals surface area contributed by atoms with Gasteiger partial charge in [-0.3, -0.25) is 0 Å². The topological polar surface area (TPSA) is 41.0 Å². The molecular formula is C10H11BrN4S. The third kappa shape index (κ3) is 2.70. The minimum absolute atomic E-state index is 0.778. The van der Waals surface area contributed by atoms with Crippen molar-refractivity contribution in [2.24, 2.45) is 0 Å². The highest BCUT2D eigenvalue weighted by atomic mass is 79.9. The second-order valence-electron chi connectivity index (χ2n) is 3.43. The smallest absolute Gasteiger partial charge is 0.210 e. The van der Waals surface area contributed by atoms with E-state index in [1.807, 2.05) is 26.2 Å². The first-order valence-electron chi connectivity index (χ1n) is 4.68. The molecule has 84 valence electrons. The molecule has 1 aromatic heterocycles. The van der Waals surface area contributed by atoms with Crippen LogP contribution in [-0.4, -0.2) is 24.3 Å². The van der Waals surface area contributed by atoms with Gasteiger partial charge in [-0.2, -0.15) is 0 Å². The van der Waals surface area contributed by atoms with Gasteiger partial charge < -0.3 is 10.2 Å². The van der Waals surface area contributed by atoms with Crippen molar-refractivity contribution in [2.45, 2.75) is 0 Å². The van der Waals surface area contributed by atoms with Gasteiger partial charge >= 0.3 is 0 Å². The number of aromatic nitrogens is 2. The first-order chi connectivity index (χ1) is 7.65. The summed E-state index contributed by atoms with van der Waals surface area (Å²) in [6, 6.07) is 8.14. The largest absolute Gasteiger partial charge is 0.378 e. The second-order valence-corrected chi connectivity index (χ2v) is 5.68. The Kier molecular flexibility index (Phi) is 3.40. The zero-order valence-electron chi connectivity index (χ0n) is 8.94. The van der Waals surface area contributed by atoms with E-state index in [4.69, 9.17) is 0 Å². The summed E-state index contributed by atoms with van der Waals surface area (Å²) in [6.07, 6.45) is 0. The normalized spacial score (nSPS) is 10.2. The SMILES string of the molecule is CN(C)c1ccc(Nc2nnc(Br)s2)cc1. The van der Waals surface area contributed by atoms with Gasteiger partial charge in [0.1, 0.15) is 0 Å². The van der Waals surface area contributed by atoms with Crippen LogP contribution >= 0.6 is 27.3 Å². The molecule has 4 nitrogen and oxygen atoms in total. The van der Waals surface area contributed by atoms with Crippen LogP contribution in [0.3, 0.4) is 0 Å². The molecule has 0 unspecified atom stereocenters. The molecular weight excluding hydrogens is 288 g/mol. The zero-order chi connectivity index (χ0) is 11.5. The second kappa shape index (κ2) is 4.80. The van der Waals surface area contributed by atoms with Gasteiger partial charge in [-0.25, -0.2) is 0 Å². The molecule has 2 rings (SSSR count). The monoisotopic (exact) mass is 298 g/mol. The van der Waals surface area contributed by atoms with Crippen molar-refractivity contribution in [2.75, 3.05) is 24.3 Å². The maximum absolute atomic E-state index is 3.97. The molecule has 0 aliphatic carbocycles. The Bertz CT molecular complexity index is 466. The molecule has 0 aliphatic rings. The van der Waals surface area contributed by atoms with Crippen LogP contribution in [0, 0.1) is 0 Å². The molecule has 0 amide bonds. The van der Waals surface area contributed by atoms with Crippen molar-refractivity contribution in [1.82, 2.24) is 10.2 Å². The number of hydrogen-bond acceptors (Lipinski definition) is 5. The Balaban J connectivity index is 2.11. The van der Waals surface area contributed by atoms with E-state index in [9.17, 15) is 0 Å². The summed E-state index contributed by atoms with van der Waals surface area (Å²) in [4.78, 5) is 2.06. The fourth-order valence-corrected chi connectivity index (χ4v) is 2.25. The van der Waals surface area contributed by atoms with Gasteiger partial charge in [0.05, 0.1) is 0 Å². The molecule has 0 aliphatic heterocycles. The molecule has 6 heteroatoms.